The van der Waals surface area contributed by atoms with E-state index in [2.05, 4.69) is 28.6 Å². The fourth-order valence-corrected chi connectivity index (χ4v) is 3.09. The molecule has 30 heavy (non-hydrogen) atoms. The predicted molar refractivity (Wildman–Crippen MR) is 119 cm³/mol. The molecule has 0 heterocycles. The summed E-state index contributed by atoms with van der Waals surface area (Å²) in [5.74, 6) is -2.99. The molecule has 0 aliphatic carbocycles. The van der Waals surface area contributed by atoms with Crippen LogP contribution in [-0.4, -0.2) is 81.9 Å². The van der Waals surface area contributed by atoms with E-state index in [0.717, 1.165) is 0 Å². The van der Waals surface area contributed by atoms with Crippen LogP contribution in [0.5, 0.6) is 0 Å². The minimum absolute atomic E-state index is 0.0461. The van der Waals surface area contributed by atoms with Gasteiger partial charge in [-0.05, 0) is 31.3 Å². The van der Waals surface area contributed by atoms with Crippen molar-refractivity contribution >= 4 is 48.1 Å². The Hall–Kier alpha value is -1.50. The molecule has 0 saturated heterocycles. The fraction of sp³-hybridized carbons (Fsp3) is 0.778. The summed E-state index contributed by atoms with van der Waals surface area (Å²) in [6.45, 7) is 4.87. The van der Waals surface area contributed by atoms with Crippen LogP contribution in [-0.2, 0) is 19.2 Å². The first kappa shape index (κ1) is 28.5. The van der Waals surface area contributed by atoms with Crippen LogP contribution < -0.4 is 21.7 Å². The lowest BCUT2D eigenvalue weighted by Gasteiger charge is -2.28. The number of aliphatic hydroxyl groups excluding tert-OH is 1. The van der Waals surface area contributed by atoms with Gasteiger partial charge < -0.3 is 31.9 Å². The van der Waals surface area contributed by atoms with Crippen molar-refractivity contribution in [2.75, 3.05) is 17.8 Å². The van der Waals surface area contributed by atoms with E-state index in [1.54, 1.807) is 6.92 Å². The monoisotopic (exact) mass is 466 g/mol. The average molecular weight is 467 g/mol. The van der Waals surface area contributed by atoms with Crippen LogP contribution in [0.25, 0.3) is 0 Å². The van der Waals surface area contributed by atoms with E-state index in [-0.39, 0.29) is 18.1 Å². The van der Waals surface area contributed by atoms with Crippen molar-refractivity contribution in [1.82, 2.24) is 16.0 Å². The molecule has 0 bridgehead atoms. The summed E-state index contributed by atoms with van der Waals surface area (Å²) in [4.78, 5) is 48.9. The maximum atomic E-state index is 12.8. The summed E-state index contributed by atoms with van der Waals surface area (Å²) in [6, 6.07) is -4.44. The van der Waals surface area contributed by atoms with Crippen LogP contribution in [0.3, 0.4) is 0 Å². The third kappa shape index (κ3) is 9.54. The molecule has 0 aliphatic rings. The van der Waals surface area contributed by atoms with E-state index < -0.39 is 54.0 Å². The number of hydrogen-bond donors (Lipinski definition) is 7. The van der Waals surface area contributed by atoms with Gasteiger partial charge in [-0.1, -0.05) is 20.3 Å². The lowest BCUT2D eigenvalue weighted by Crippen LogP contribution is -2.61. The van der Waals surface area contributed by atoms with Crippen LogP contribution in [0.2, 0.25) is 0 Å². The lowest BCUT2D eigenvalue weighted by atomic mass is 9.97. The average Bonchev–Trinajstić information content (AvgIpc) is 2.70. The molecule has 10 nitrogen and oxygen atoms in total. The van der Waals surface area contributed by atoms with Crippen molar-refractivity contribution in [2.45, 2.75) is 63.9 Å². The first-order valence-corrected chi connectivity index (χ1v) is 11.7. The van der Waals surface area contributed by atoms with Gasteiger partial charge in [0.1, 0.15) is 18.1 Å². The minimum atomic E-state index is -1.34. The Kier molecular flexibility index (Phi) is 13.8. The van der Waals surface area contributed by atoms with Crippen LogP contribution in [0.4, 0.5) is 0 Å². The summed E-state index contributed by atoms with van der Waals surface area (Å²) in [5.41, 5.74) is 5.58. The highest BCUT2D eigenvalue weighted by Gasteiger charge is 2.34. The van der Waals surface area contributed by atoms with Crippen LogP contribution in [0.1, 0.15) is 33.6 Å². The number of carbonyl (C=O) groups is 4. The molecule has 12 heteroatoms. The van der Waals surface area contributed by atoms with E-state index in [9.17, 15) is 29.4 Å². The number of carboxylic acid groups (broad SMARTS) is 1. The molecule has 0 aromatic rings. The third-order valence-corrected chi connectivity index (χ3v) is 5.65. The molecule has 3 amide bonds. The number of thiol groups is 1. The third-order valence-electron chi connectivity index (χ3n) is 4.61. The Morgan fingerprint density at radius 3 is 2.00 bits per heavy atom. The molecule has 0 spiro atoms. The zero-order chi connectivity index (χ0) is 23.4. The van der Waals surface area contributed by atoms with Crippen LogP contribution in [0.15, 0.2) is 0 Å². The minimum Gasteiger partial charge on any atom is -0.480 e. The highest BCUT2D eigenvalue weighted by Crippen LogP contribution is 2.10. The van der Waals surface area contributed by atoms with Crippen molar-refractivity contribution < 1.29 is 29.4 Å². The molecule has 0 aromatic heterocycles. The Morgan fingerprint density at radius 2 is 1.57 bits per heavy atom. The second kappa shape index (κ2) is 14.5. The number of rotatable bonds is 14. The first-order chi connectivity index (χ1) is 14.0. The Bertz CT molecular complexity index is 593. The molecular formula is C18H34N4O6S2. The smallest absolute Gasteiger partial charge is 0.326 e. The van der Waals surface area contributed by atoms with Gasteiger partial charge in [-0.15, -0.1) is 0 Å². The number of amides is 3. The second-order valence-electron chi connectivity index (χ2n) is 7.07. The molecular weight excluding hydrogens is 432 g/mol. The lowest BCUT2D eigenvalue weighted by molar-refractivity contribution is -0.142. The quantitative estimate of drug-likeness (QED) is 0.159. The van der Waals surface area contributed by atoms with E-state index in [1.807, 2.05) is 13.2 Å². The van der Waals surface area contributed by atoms with Gasteiger partial charge in [0.15, 0.2) is 0 Å². The first-order valence-electron chi connectivity index (χ1n) is 9.67. The summed E-state index contributed by atoms with van der Waals surface area (Å²) < 4.78 is 0. The van der Waals surface area contributed by atoms with Crippen molar-refractivity contribution in [3.8, 4) is 0 Å². The molecule has 6 atom stereocenters. The zero-order valence-corrected chi connectivity index (χ0v) is 19.5. The molecule has 0 rings (SSSR count). The Labute approximate surface area is 186 Å². The molecule has 0 aromatic carbocycles. The van der Waals surface area contributed by atoms with E-state index >= 15 is 0 Å². The number of nitrogens with two attached hydrogens (primary N) is 1. The number of aliphatic carboxylic acids is 1. The molecule has 174 valence electrons. The van der Waals surface area contributed by atoms with Gasteiger partial charge in [-0.25, -0.2) is 4.79 Å². The Morgan fingerprint density at radius 1 is 1.03 bits per heavy atom. The van der Waals surface area contributed by atoms with E-state index in [4.69, 9.17) is 5.73 Å². The van der Waals surface area contributed by atoms with Crippen molar-refractivity contribution in [3.05, 3.63) is 0 Å². The normalized spacial score (nSPS) is 17.0. The standard InChI is InChI=1S/C18H34N4O6S2/c1-5-9(2)13(16(25)20-12(18(27)28)6-7-30-4)21-17(26)14(10(3)23)22-15(24)11(19)8-29/h9-14,23,29H,5-8,19H2,1-4H3,(H,20,25)(H,21,26)(H,22,24)(H,27,28). The number of carbonyl (C=O) groups excluding carboxylic acids is 3. The van der Waals surface area contributed by atoms with Gasteiger partial charge in [-0.3, -0.25) is 14.4 Å². The summed E-state index contributed by atoms with van der Waals surface area (Å²) in [7, 11) is 0. The number of carboxylic acids is 1. The van der Waals surface area contributed by atoms with Gasteiger partial charge in [0, 0.05) is 5.75 Å². The van der Waals surface area contributed by atoms with Crippen molar-refractivity contribution in [2.24, 2.45) is 11.7 Å². The highest BCUT2D eigenvalue weighted by atomic mass is 32.2. The zero-order valence-electron chi connectivity index (χ0n) is 17.8. The summed E-state index contributed by atoms with van der Waals surface area (Å²) in [5, 5.41) is 26.6. The van der Waals surface area contributed by atoms with Crippen LogP contribution in [0, 0.1) is 5.92 Å². The highest BCUT2D eigenvalue weighted by molar-refractivity contribution is 7.98. The summed E-state index contributed by atoms with van der Waals surface area (Å²) in [6.07, 6.45) is 1.33. The van der Waals surface area contributed by atoms with Gasteiger partial charge in [-0.2, -0.15) is 24.4 Å². The Balaban J connectivity index is 5.41. The topological polar surface area (TPSA) is 171 Å². The molecule has 0 fully saturated rings. The molecule has 0 saturated carbocycles. The number of hydrogen-bond acceptors (Lipinski definition) is 8. The van der Waals surface area contributed by atoms with Crippen LogP contribution >= 0.6 is 24.4 Å². The maximum Gasteiger partial charge on any atom is 0.326 e. The van der Waals surface area contributed by atoms with Gasteiger partial charge in [0.2, 0.25) is 17.7 Å². The largest absolute Gasteiger partial charge is 0.480 e. The number of thioether (sulfide) groups is 1. The molecule has 0 radical (unpaired) electrons. The predicted octanol–water partition coefficient (Wildman–Crippen LogP) is -1.04. The van der Waals surface area contributed by atoms with E-state index in [0.29, 0.717) is 12.2 Å². The molecule has 6 unspecified atom stereocenters. The van der Waals surface area contributed by atoms with Gasteiger partial charge >= 0.3 is 5.97 Å². The van der Waals surface area contributed by atoms with Crippen molar-refractivity contribution in [3.63, 3.8) is 0 Å². The second-order valence-corrected chi connectivity index (χ2v) is 8.42. The molecule has 7 N–H and O–H groups in total. The summed E-state index contributed by atoms with van der Waals surface area (Å²) >= 11 is 5.38. The fourth-order valence-electron chi connectivity index (χ4n) is 2.45. The van der Waals surface area contributed by atoms with E-state index in [1.165, 1.54) is 18.7 Å². The van der Waals surface area contributed by atoms with Gasteiger partial charge in [0.05, 0.1) is 12.1 Å². The number of nitrogens with one attached hydrogen (secondary N) is 3. The number of aliphatic hydroxyl groups is 1. The molecule has 0 aliphatic heterocycles. The van der Waals surface area contributed by atoms with Crippen molar-refractivity contribution in [1.29, 1.82) is 0 Å². The van der Waals surface area contributed by atoms with Gasteiger partial charge in [0.25, 0.3) is 0 Å². The maximum absolute atomic E-state index is 12.8. The SMILES string of the molecule is CCC(C)C(NC(=O)C(NC(=O)C(N)CS)C(C)O)C(=O)NC(CCSC)C(=O)O.